The van der Waals surface area contributed by atoms with E-state index in [1.54, 1.807) is 36.9 Å². The van der Waals surface area contributed by atoms with Gasteiger partial charge >= 0.3 is 0 Å². The number of methoxy groups -OCH3 is 1. The van der Waals surface area contributed by atoms with Crippen molar-refractivity contribution in [3.63, 3.8) is 0 Å². The molecule has 0 bridgehead atoms. The summed E-state index contributed by atoms with van der Waals surface area (Å²) in [6.07, 6.45) is 11.8. The van der Waals surface area contributed by atoms with Crippen molar-refractivity contribution >= 4 is 40.4 Å². The molecule has 194 valence electrons. The van der Waals surface area contributed by atoms with E-state index in [-0.39, 0.29) is 11.1 Å². The summed E-state index contributed by atoms with van der Waals surface area (Å²) in [5, 5.41) is 19.1. The number of halogens is 1. The highest BCUT2D eigenvalue weighted by Crippen LogP contribution is 2.36. The molecule has 1 saturated carbocycles. The monoisotopic (exact) mass is 539 g/mol. The second-order valence-corrected chi connectivity index (χ2v) is 11.1. The number of hydrogen-bond donors (Lipinski definition) is 2. The number of benzene rings is 1. The highest BCUT2D eigenvalue weighted by atomic mass is 32.2. The lowest BCUT2D eigenvalue weighted by atomic mass is 9.87. The number of ether oxygens (including phenoxy) is 1. The van der Waals surface area contributed by atoms with E-state index in [1.807, 2.05) is 6.08 Å². The van der Waals surface area contributed by atoms with Crippen LogP contribution in [0.25, 0.3) is 11.1 Å². The molecule has 3 aromatic rings. The maximum atomic E-state index is 14.8. The van der Waals surface area contributed by atoms with Gasteiger partial charge in [0.15, 0.2) is 4.34 Å². The Balaban J connectivity index is 1.49. The fraction of sp³-hybridized carbons (Fsp3) is 0.370. The SMILES string of the molecule is COc1cccc(F)c1-c1cc(C)ncc1C(=O)Nc1nnc(SCC2CCCCCC/C2=C\C=N)s1. The van der Waals surface area contributed by atoms with E-state index < -0.39 is 11.7 Å². The van der Waals surface area contributed by atoms with Gasteiger partial charge in [0.2, 0.25) is 5.13 Å². The van der Waals surface area contributed by atoms with Gasteiger partial charge < -0.3 is 10.1 Å². The molecule has 1 amide bonds. The summed E-state index contributed by atoms with van der Waals surface area (Å²) < 4.78 is 20.9. The van der Waals surface area contributed by atoms with Crippen LogP contribution in [0.5, 0.6) is 5.75 Å². The van der Waals surface area contributed by atoms with Gasteiger partial charge in [0.1, 0.15) is 11.6 Å². The van der Waals surface area contributed by atoms with Crippen LogP contribution < -0.4 is 10.1 Å². The Morgan fingerprint density at radius 3 is 2.95 bits per heavy atom. The lowest BCUT2D eigenvalue weighted by Crippen LogP contribution is -2.14. The van der Waals surface area contributed by atoms with Crippen LogP contribution in [0.2, 0.25) is 0 Å². The standard InChI is InChI=1S/C27H30FN5O2S2/c1-17-14-20(24-22(28)10-7-11-23(24)35-2)21(15-30-17)25(34)31-26-32-33-27(37-26)36-16-19-9-6-4-3-5-8-18(19)12-13-29/h7,10-15,19,29H,3-6,8-9,16H2,1-2H3,(H,31,32,34)/b18-12+,29-13?. The fourth-order valence-corrected chi connectivity index (χ4v) is 6.49. The molecule has 4 rings (SSSR count). The Morgan fingerprint density at radius 2 is 2.14 bits per heavy atom. The zero-order valence-corrected chi connectivity index (χ0v) is 22.6. The number of carbonyl (C=O) groups excluding carboxylic acids is 1. The molecule has 37 heavy (non-hydrogen) atoms. The van der Waals surface area contributed by atoms with Crippen molar-refractivity contribution < 1.29 is 13.9 Å². The number of pyridine rings is 1. The number of carbonyl (C=O) groups is 1. The molecule has 1 fully saturated rings. The minimum atomic E-state index is -0.487. The second kappa shape index (κ2) is 12.9. The Morgan fingerprint density at radius 1 is 1.30 bits per heavy atom. The van der Waals surface area contributed by atoms with Gasteiger partial charge in [-0.15, -0.1) is 10.2 Å². The molecule has 2 aromatic heterocycles. The third-order valence-corrected chi connectivity index (χ3v) is 8.51. The number of aromatic nitrogens is 3. The van der Waals surface area contributed by atoms with Crippen molar-refractivity contribution in [2.24, 2.45) is 5.92 Å². The molecular formula is C27H30FN5O2S2. The molecule has 1 aliphatic carbocycles. The summed E-state index contributed by atoms with van der Waals surface area (Å²) in [6.45, 7) is 1.78. The van der Waals surface area contributed by atoms with E-state index in [4.69, 9.17) is 10.1 Å². The van der Waals surface area contributed by atoms with Crippen molar-refractivity contribution in [1.29, 1.82) is 5.41 Å². The molecule has 7 nitrogen and oxygen atoms in total. The van der Waals surface area contributed by atoms with Gasteiger partial charge in [-0.1, -0.05) is 54.0 Å². The first-order chi connectivity index (χ1) is 18.0. The molecule has 0 saturated heterocycles. The molecule has 1 unspecified atom stereocenters. The highest BCUT2D eigenvalue weighted by Gasteiger charge is 2.22. The Labute approximate surface area is 224 Å². The maximum Gasteiger partial charge on any atom is 0.259 e. The fourth-order valence-electron chi connectivity index (χ4n) is 4.52. The minimum Gasteiger partial charge on any atom is -0.496 e. The zero-order chi connectivity index (χ0) is 26.2. The average molecular weight is 540 g/mol. The molecule has 2 N–H and O–H groups in total. The molecule has 0 spiro atoms. The molecule has 10 heteroatoms. The largest absolute Gasteiger partial charge is 0.496 e. The molecule has 0 aliphatic heterocycles. The number of amides is 1. The smallest absolute Gasteiger partial charge is 0.259 e. The van der Waals surface area contributed by atoms with Crippen LogP contribution in [-0.4, -0.2) is 40.2 Å². The molecule has 1 aliphatic rings. The third kappa shape index (κ3) is 6.81. The number of aryl methyl sites for hydroxylation is 1. The summed E-state index contributed by atoms with van der Waals surface area (Å²) in [7, 11) is 1.47. The van der Waals surface area contributed by atoms with Gasteiger partial charge in [0.25, 0.3) is 5.91 Å². The first-order valence-corrected chi connectivity index (χ1v) is 14.1. The lowest BCUT2D eigenvalue weighted by Gasteiger charge is -2.22. The quantitative estimate of drug-likeness (QED) is 0.183. The molecule has 2 heterocycles. The van der Waals surface area contributed by atoms with E-state index in [0.29, 0.717) is 28.1 Å². The highest BCUT2D eigenvalue weighted by molar-refractivity contribution is 8.01. The predicted octanol–water partition coefficient (Wildman–Crippen LogP) is 6.95. The number of thioether (sulfide) groups is 1. The number of nitrogens with one attached hydrogen (secondary N) is 2. The van der Waals surface area contributed by atoms with Crippen LogP contribution >= 0.6 is 23.1 Å². The van der Waals surface area contributed by atoms with Gasteiger partial charge in [-0.05, 0) is 56.4 Å². The summed E-state index contributed by atoms with van der Waals surface area (Å²) in [6, 6.07) is 6.23. The van der Waals surface area contributed by atoms with E-state index in [0.717, 1.165) is 22.9 Å². The van der Waals surface area contributed by atoms with Crippen LogP contribution in [0.4, 0.5) is 9.52 Å². The Hall–Kier alpha value is -3.11. The second-order valence-electron chi connectivity index (χ2n) is 8.88. The molecular weight excluding hydrogens is 509 g/mol. The number of rotatable bonds is 8. The van der Waals surface area contributed by atoms with Crippen LogP contribution in [0, 0.1) is 24.1 Å². The van der Waals surface area contributed by atoms with E-state index in [9.17, 15) is 9.18 Å². The number of nitrogens with zero attached hydrogens (tertiary/aromatic N) is 3. The van der Waals surface area contributed by atoms with E-state index >= 15 is 0 Å². The van der Waals surface area contributed by atoms with Gasteiger partial charge in [-0.3, -0.25) is 15.1 Å². The summed E-state index contributed by atoms with van der Waals surface area (Å²) in [4.78, 5) is 17.5. The van der Waals surface area contributed by atoms with Crippen LogP contribution in [0.15, 0.2) is 46.5 Å². The lowest BCUT2D eigenvalue weighted by molar-refractivity contribution is 0.102. The van der Waals surface area contributed by atoms with Crippen molar-refractivity contribution in [3.05, 3.63) is 59.2 Å². The Kier molecular flexibility index (Phi) is 9.40. The predicted molar refractivity (Wildman–Crippen MR) is 148 cm³/mol. The Bertz CT molecular complexity index is 1290. The number of anilines is 1. The van der Waals surface area contributed by atoms with Crippen LogP contribution in [0.3, 0.4) is 0 Å². The summed E-state index contributed by atoms with van der Waals surface area (Å²) >= 11 is 2.93. The van der Waals surface area contributed by atoms with Gasteiger partial charge in [-0.25, -0.2) is 4.39 Å². The van der Waals surface area contributed by atoms with Crippen molar-refractivity contribution in [2.75, 3.05) is 18.2 Å². The minimum absolute atomic E-state index is 0.210. The number of allylic oxidation sites excluding steroid dienone is 2. The topological polar surface area (TPSA) is 101 Å². The first-order valence-electron chi connectivity index (χ1n) is 12.3. The zero-order valence-electron chi connectivity index (χ0n) is 20.9. The van der Waals surface area contributed by atoms with Gasteiger partial charge in [0.05, 0.1) is 18.2 Å². The van der Waals surface area contributed by atoms with Gasteiger partial charge in [-0.2, -0.15) is 0 Å². The first kappa shape index (κ1) is 26.9. The van der Waals surface area contributed by atoms with Crippen molar-refractivity contribution in [1.82, 2.24) is 15.2 Å². The number of hydrogen-bond acceptors (Lipinski definition) is 8. The van der Waals surface area contributed by atoms with Crippen molar-refractivity contribution in [2.45, 2.75) is 49.8 Å². The molecule has 1 atom stereocenters. The van der Waals surface area contributed by atoms with Gasteiger partial charge in [0, 0.05) is 29.4 Å². The van der Waals surface area contributed by atoms with E-state index in [2.05, 4.69) is 20.5 Å². The molecule has 0 radical (unpaired) electrons. The van der Waals surface area contributed by atoms with Crippen molar-refractivity contribution in [3.8, 4) is 16.9 Å². The summed E-state index contributed by atoms with van der Waals surface area (Å²) in [5.74, 6) is 0.670. The van der Waals surface area contributed by atoms with Crippen LogP contribution in [-0.2, 0) is 0 Å². The average Bonchev–Trinajstić information content (AvgIpc) is 3.32. The molecule has 1 aromatic carbocycles. The maximum absolute atomic E-state index is 14.8. The van der Waals surface area contributed by atoms with Crippen LogP contribution in [0.1, 0.15) is 54.6 Å². The normalized spacial score (nSPS) is 17.2. The third-order valence-electron chi connectivity index (χ3n) is 6.37. The summed E-state index contributed by atoms with van der Waals surface area (Å²) in [5.41, 5.74) is 2.81. The van der Waals surface area contributed by atoms with E-state index in [1.165, 1.54) is 68.2 Å².